The van der Waals surface area contributed by atoms with Crippen LogP contribution in [0.5, 0.6) is 0 Å². The van der Waals surface area contributed by atoms with Crippen molar-refractivity contribution in [1.29, 1.82) is 0 Å². The number of amides is 1. The van der Waals surface area contributed by atoms with E-state index in [0.717, 1.165) is 6.26 Å². The van der Waals surface area contributed by atoms with Crippen molar-refractivity contribution in [2.75, 3.05) is 18.1 Å². The molecule has 0 saturated carbocycles. The maximum absolute atomic E-state index is 11.1. The van der Waals surface area contributed by atoms with E-state index in [-0.39, 0.29) is 6.54 Å². The van der Waals surface area contributed by atoms with Gasteiger partial charge in [-0.1, -0.05) is 23.7 Å². The highest BCUT2D eigenvalue weighted by Gasteiger charge is 2.08. The number of hydrogen-bond donors (Lipinski definition) is 2. The summed E-state index contributed by atoms with van der Waals surface area (Å²) in [4.78, 5) is 11.1. The van der Waals surface area contributed by atoms with Gasteiger partial charge in [-0.2, -0.15) is 0 Å². The quantitative estimate of drug-likeness (QED) is 0.843. The number of halogens is 1. The van der Waals surface area contributed by atoms with E-state index in [1.165, 1.54) is 0 Å². The third-order valence-electron chi connectivity index (χ3n) is 1.61. The molecule has 0 aromatic heterocycles. The van der Waals surface area contributed by atoms with Gasteiger partial charge in [-0.3, -0.25) is 9.52 Å². The van der Waals surface area contributed by atoms with E-state index in [9.17, 15) is 13.2 Å². The van der Waals surface area contributed by atoms with E-state index < -0.39 is 15.9 Å². The summed E-state index contributed by atoms with van der Waals surface area (Å²) >= 11 is 5.83. The second kappa shape index (κ2) is 5.18. The Hall–Kier alpha value is -1.27. The average Bonchev–Trinajstić information content (AvgIpc) is 2.14. The Balaban J connectivity index is 2.53. The summed E-state index contributed by atoms with van der Waals surface area (Å²) in [6.45, 7) is -0.156. The zero-order valence-corrected chi connectivity index (χ0v) is 10.1. The minimum Gasteiger partial charge on any atom is -0.375 e. The first-order valence-electron chi connectivity index (χ1n) is 4.37. The van der Waals surface area contributed by atoms with Crippen LogP contribution in [-0.2, 0) is 14.8 Å². The number of carbonyl (C=O) groups is 1. The van der Waals surface area contributed by atoms with E-state index in [1.54, 1.807) is 24.3 Å². The fourth-order valence-electron chi connectivity index (χ4n) is 1.02. The Morgan fingerprint density at radius 2 is 2.00 bits per heavy atom. The van der Waals surface area contributed by atoms with Crippen molar-refractivity contribution >= 4 is 33.2 Å². The Kier molecular flexibility index (Phi) is 4.14. The van der Waals surface area contributed by atoms with E-state index >= 15 is 0 Å². The number of hydrogen-bond acceptors (Lipinski definition) is 4. The highest BCUT2D eigenvalue weighted by Crippen LogP contribution is 2.19. The lowest BCUT2D eigenvalue weighted by Gasteiger charge is -2.07. The summed E-state index contributed by atoms with van der Waals surface area (Å²) in [7, 11) is -3.51. The van der Waals surface area contributed by atoms with Crippen molar-refractivity contribution in [2.24, 2.45) is 0 Å². The normalized spacial score (nSPS) is 10.9. The van der Waals surface area contributed by atoms with Crippen LogP contribution in [0.4, 0.5) is 5.69 Å². The van der Waals surface area contributed by atoms with Crippen molar-refractivity contribution in [3.63, 3.8) is 0 Å². The smallest absolute Gasteiger partial charge is 0.252 e. The summed E-state index contributed by atoms with van der Waals surface area (Å²) in [5.41, 5.74) is 0.577. The van der Waals surface area contributed by atoms with E-state index in [0.29, 0.717) is 10.7 Å². The first-order chi connectivity index (χ1) is 7.38. The fourth-order valence-corrected chi connectivity index (χ4v) is 1.71. The minimum atomic E-state index is -3.51. The summed E-state index contributed by atoms with van der Waals surface area (Å²) in [6, 6.07) is 6.86. The van der Waals surface area contributed by atoms with Crippen LogP contribution >= 0.6 is 11.6 Å². The van der Waals surface area contributed by atoms with Gasteiger partial charge in [0.05, 0.1) is 23.5 Å². The summed E-state index contributed by atoms with van der Waals surface area (Å²) < 4.78 is 23.3. The van der Waals surface area contributed by atoms with Crippen LogP contribution in [0.25, 0.3) is 0 Å². The van der Waals surface area contributed by atoms with Gasteiger partial charge in [0.25, 0.3) is 5.91 Å². The Bertz CT molecular complexity index is 487. The molecule has 1 aromatic rings. The van der Waals surface area contributed by atoms with Gasteiger partial charge in [0.2, 0.25) is 10.0 Å². The van der Waals surface area contributed by atoms with Crippen LogP contribution in [0.3, 0.4) is 0 Å². The minimum absolute atomic E-state index is 0.156. The summed E-state index contributed by atoms with van der Waals surface area (Å²) in [5.74, 6) is -0.637. The maximum atomic E-state index is 11.1. The largest absolute Gasteiger partial charge is 0.375 e. The monoisotopic (exact) mass is 262 g/mol. The highest BCUT2D eigenvalue weighted by atomic mass is 35.5. The van der Waals surface area contributed by atoms with E-state index in [4.69, 9.17) is 11.6 Å². The third-order valence-corrected chi connectivity index (χ3v) is 2.54. The van der Waals surface area contributed by atoms with Crippen LogP contribution in [0.2, 0.25) is 5.02 Å². The predicted octanol–water partition coefficient (Wildman–Crippen LogP) is 0.828. The van der Waals surface area contributed by atoms with Gasteiger partial charge in [0.15, 0.2) is 0 Å². The standard InChI is InChI=1S/C9H11ClN2O3S/c1-16(14,15)12-9(13)6-11-8-5-3-2-4-7(8)10/h2-5,11H,6H2,1H3,(H,12,13). The molecule has 88 valence electrons. The number of carbonyl (C=O) groups excluding carboxylic acids is 1. The molecule has 0 aliphatic heterocycles. The molecule has 0 bridgehead atoms. The molecule has 0 aliphatic carbocycles. The molecule has 0 fully saturated rings. The second-order valence-corrected chi connectivity index (χ2v) is 5.29. The molecule has 0 atom stereocenters. The molecule has 2 N–H and O–H groups in total. The van der Waals surface area contributed by atoms with Gasteiger partial charge in [0, 0.05) is 0 Å². The first kappa shape index (κ1) is 12.8. The molecular formula is C9H11ClN2O3S. The number of para-hydroxylation sites is 1. The molecule has 1 rings (SSSR count). The SMILES string of the molecule is CS(=O)(=O)NC(=O)CNc1ccccc1Cl. The molecule has 0 radical (unpaired) electrons. The van der Waals surface area contributed by atoms with Gasteiger partial charge < -0.3 is 5.32 Å². The van der Waals surface area contributed by atoms with Gasteiger partial charge in [0.1, 0.15) is 0 Å². The van der Waals surface area contributed by atoms with Crippen LogP contribution in [0.15, 0.2) is 24.3 Å². The molecule has 1 amide bonds. The Morgan fingerprint density at radius 1 is 1.38 bits per heavy atom. The third kappa shape index (κ3) is 4.50. The van der Waals surface area contributed by atoms with Crippen LogP contribution in [-0.4, -0.2) is 27.1 Å². The second-order valence-electron chi connectivity index (χ2n) is 3.13. The summed E-state index contributed by atoms with van der Waals surface area (Å²) in [5, 5.41) is 3.19. The van der Waals surface area contributed by atoms with E-state index in [1.807, 2.05) is 4.72 Å². The van der Waals surface area contributed by atoms with Gasteiger partial charge in [-0.15, -0.1) is 0 Å². The lowest BCUT2D eigenvalue weighted by atomic mass is 10.3. The number of benzene rings is 1. The Labute approximate surface area is 98.9 Å². The predicted molar refractivity (Wildman–Crippen MR) is 62.9 cm³/mol. The van der Waals surface area contributed by atoms with Gasteiger partial charge >= 0.3 is 0 Å². The maximum Gasteiger partial charge on any atom is 0.252 e. The van der Waals surface area contributed by atoms with Crippen molar-refractivity contribution in [3.8, 4) is 0 Å². The lowest BCUT2D eigenvalue weighted by Crippen LogP contribution is -2.34. The first-order valence-corrected chi connectivity index (χ1v) is 6.64. The van der Waals surface area contributed by atoms with Crippen molar-refractivity contribution < 1.29 is 13.2 Å². The average molecular weight is 263 g/mol. The summed E-state index contributed by atoms with van der Waals surface area (Å²) in [6.07, 6.45) is 0.917. The molecule has 0 heterocycles. The Morgan fingerprint density at radius 3 is 2.56 bits per heavy atom. The number of nitrogens with one attached hydrogen (secondary N) is 2. The molecule has 16 heavy (non-hydrogen) atoms. The van der Waals surface area contributed by atoms with E-state index in [2.05, 4.69) is 5.32 Å². The lowest BCUT2D eigenvalue weighted by molar-refractivity contribution is -0.117. The molecular weight excluding hydrogens is 252 g/mol. The van der Waals surface area contributed by atoms with Gasteiger partial charge in [-0.05, 0) is 12.1 Å². The molecule has 0 aliphatic rings. The molecule has 5 nitrogen and oxygen atoms in total. The highest BCUT2D eigenvalue weighted by molar-refractivity contribution is 7.89. The van der Waals surface area contributed by atoms with Crippen molar-refractivity contribution in [2.45, 2.75) is 0 Å². The number of anilines is 1. The molecule has 0 saturated heterocycles. The number of sulfonamides is 1. The van der Waals surface area contributed by atoms with Crippen molar-refractivity contribution in [3.05, 3.63) is 29.3 Å². The van der Waals surface area contributed by atoms with Gasteiger partial charge in [-0.25, -0.2) is 8.42 Å². The topological polar surface area (TPSA) is 75.3 Å². The van der Waals surface area contributed by atoms with Crippen LogP contribution < -0.4 is 10.0 Å². The fraction of sp³-hybridized carbons (Fsp3) is 0.222. The zero-order valence-electron chi connectivity index (χ0n) is 8.53. The van der Waals surface area contributed by atoms with Crippen molar-refractivity contribution in [1.82, 2.24) is 4.72 Å². The number of rotatable bonds is 4. The van der Waals surface area contributed by atoms with Crippen LogP contribution in [0.1, 0.15) is 0 Å². The zero-order chi connectivity index (χ0) is 12.2. The molecule has 7 heteroatoms. The molecule has 1 aromatic carbocycles. The van der Waals surface area contributed by atoms with Crippen LogP contribution in [0, 0.1) is 0 Å². The molecule has 0 spiro atoms. The molecule has 0 unspecified atom stereocenters.